The molecule has 1 aromatic rings. The van der Waals surface area contributed by atoms with E-state index in [1.807, 2.05) is 0 Å². The number of nitrogens with one attached hydrogen (secondary N) is 2. The van der Waals surface area contributed by atoms with Gasteiger partial charge in [-0.2, -0.15) is 5.10 Å². The van der Waals surface area contributed by atoms with Crippen LogP contribution in [0.2, 0.25) is 0 Å². The fourth-order valence-corrected chi connectivity index (χ4v) is 1.17. The van der Waals surface area contributed by atoms with Crippen molar-refractivity contribution in [3.05, 3.63) is 12.3 Å². The molecule has 0 radical (unpaired) electrons. The van der Waals surface area contributed by atoms with Gasteiger partial charge in [0.05, 0.1) is 6.42 Å². The van der Waals surface area contributed by atoms with Crippen LogP contribution in [0.15, 0.2) is 12.3 Å². The van der Waals surface area contributed by atoms with E-state index in [1.54, 1.807) is 30.9 Å². The minimum atomic E-state index is -0.953. The maximum Gasteiger partial charge on any atom is 0.320 e. The predicted octanol–water partition coefficient (Wildman–Crippen LogP) is 0.405. The number of rotatable bonds is 4. The van der Waals surface area contributed by atoms with Crippen molar-refractivity contribution >= 4 is 17.8 Å². The molecule has 16 heavy (non-hydrogen) atoms. The third-order valence-electron chi connectivity index (χ3n) is 1.81. The number of carbonyl (C=O) groups is 2. The van der Waals surface area contributed by atoms with Crippen molar-refractivity contribution in [3.8, 4) is 0 Å². The van der Waals surface area contributed by atoms with Gasteiger partial charge >= 0.3 is 12.0 Å². The van der Waals surface area contributed by atoms with E-state index in [-0.39, 0.29) is 6.42 Å². The van der Waals surface area contributed by atoms with Crippen molar-refractivity contribution in [1.82, 2.24) is 15.1 Å². The molecule has 88 valence electrons. The first-order valence-corrected chi connectivity index (χ1v) is 4.76. The van der Waals surface area contributed by atoms with Crippen LogP contribution in [-0.4, -0.2) is 32.9 Å². The van der Waals surface area contributed by atoms with Crippen LogP contribution >= 0.6 is 0 Å². The number of aliphatic carboxylic acids is 1. The maximum absolute atomic E-state index is 11.3. The standard InChI is InChI=1S/C9H14N4O3/c1-6(5-8(14)15)10-9(16)11-7-3-4-13(2)12-7/h3-4,6H,5H2,1-2H3,(H,14,15)(H2,10,11,12,16). The van der Waals surface area contributed by atoms with Gasteiger partial charge in [0.15, 0.2) is 5.82 Å². The van der Waals surface area contributed by atoms with Gasteiger partial charge in [0, 0.05) is 25.4 Å². The number of aryl methyl sites for hydroxylation is 1. The molecule has 7 nitrogen and oxygen atoms in total. The lowest BCUT2D eigenvalue weighted by molar-refractivity contribution is -0.137. The monoisotopic (exact) mass is 226 g/mol. The lowest BCUT2D eigenvalue weighted by Gasteiger charge is -2.11. The molecule has 3 N–H and O–H groups in total. The van der Waals surface area contributed by atoms with Crippen LogP contribution in [0.4, 0.5) is 10.6 Å². The second-order valence-electron chi connectivity index (χ2n) is 3.47. The quantitative estimate of drug-likeness (QED) is 0.692. The average molecular weight is 226 g/mol. The summed E-state index contributed by atoms with van der Waals surface area (Å²) in [5.74, 6) is -0.534. The Balaban J connectivity index is 2.38. The normalized spacial score (nSPS) is 11.9. The van der Waals surface area contributed by atoms with Gasteiger partial charge < -0.3 is 10.4 Å². The SMILES string of the molecule is CC(CC(=O)O)NC(=O)Nc1ccn(C)n1. The molecular formula is C9H14N4O3. The number of aromatic nitrogens is 2. The average Bonchev–Trinajstić information content (AvgIpc) is 2.48. The zero-order valence-electron chi connectivity index (χ0n) is 9.10. The number of anilines is 1. The molecule has 0 spiro atoms. The van der Waals surface area contributed by atoms with Crippen LogP contribution in [0.5, 0.6) is 0 Å². The molecule has 0 fully saturated rings. The highest BCUT2D eigenvalue weighted by Gasteiger charge is 2.11. The minimum absolute atomic E-state index is 0.115. The van der Waals surface area contributed by atoms with E-state index < -0.39 is 18.0 Å². The summed E-state index contributed by atoms with van der Waals surface area (Å²) in [6.45, 7) is 1.62. The van der Waals surface area contributed by atoms with Crippen molar-refractivity contribution in [2.75, 3.05) is 5.32 Å². The number of hydrogen-bond acceptors (Lipinski definition) is 3. The van der Waals surface area contributed by atoms with Crippen LogP contribution in [-0.2, 0) is 11.8 Å². The number of carboxylic acid groups (broad SMARTS) is 1. The van der Waals surface area contributed by atoms with Crippen LogP contribution in [0.25, 0.3) is 0 Å². The van der Waals surface area contributed by atoms with Crippen LogP contribution < -0.4 is 10.6 Å². The molecule has 0 aromatic carbocycles. The van der Waals surface area contributed by atoms with Crippen molar-refractivity contribution < 1.29 is 14.7 Å². The number of hydrogen-bond donors (Lipinski definition) is 3. The molecule has 1 heterocycles. The van der Waals surface area contributed by atoms with E-state index in [0.717, 1.165) is 0 Å². The molecule has 2 amide bonds. The molecule has 1 unspecified atom stereocenters. The first kappa shape index (κ1) is 12.0. The van der Waals surface area contributed by atoms with Gasteiger partial charge in [-0.1, -0.05) is 0 Å². The van der Waals surface area contributed by atoms with E-state index >= 15 is 0 Å². The summed E-state index contributed by atoms with van der Waals surface area (Å²) >= 11 is 0. The van der Waals surface area contributed by atoms with Crippen LogP contribution in [0.3, 0.4) is 0 Å². The van der Waals surface area contributed by atoms with Gasteiger partial charge in [-0.05, 0) is 6.92 Å². The summed E-state index contributed by atoms with van der Waals surface area (Å²) < 4.78 is 1.55. The fourth-order valence-electron chi connectivity index (χ4n) is 1.17. The number of amides is 2. The van der Waals surface area contributed by atoms with E-state index in [1.165, 1.54) is 0 Å². The highest BCUT2D eigenvalue weighted by atomic mass is 16.4. The topological polar surface area (TPSA) is 96.3 Å². The fraction of sp³-hybridized carbons (Fsp3) is 0.444. The summed E-state index contributed by atoms with van der Waals surface area (Å²) in [6, 6.07) is 0.746. The van der Waals surface area contributed by atoms with Crippen LogP contribution in [0, 0.1) is 0 Å². The Kier molecular flexibility index (Phi) is 3.87. The Morgan fingerprint density at radius 1 is 1.62 bits per heavy atom. The summed E-state index contributed by atoms with van der Waals surface area (Å²) in [5.41, 5.74) is 0. The molecule has 7 heteroatoms. The molecule has 0 aliphatic heterocycles. The van der Waals surface area contributed by atoms with Gasteiger partial charge in [-0.15, -0.1) is 0 Å². The Bertz CT molecular complexity index is 388. The Morgan fingerprint density at radius 2 is 2.31 bits per heavy atom. The predicted molar refractivity (Wildman–Crippen MR) is 57.1 cm³/mol. The first-order chi connectivity index (χ1) is 7.47. The van der Waals surface area contributed by atoms with E-state index in [2.05, 4.69) is 15.7 Å². The Labute approximate surface area is 92.4 Å². The van der Waals surface area contributed by atoms with Crippen molar-refractivity contribution in [1.29, 1.82) is 0 Å². The number of carbonyl (C=O) groups excluding carboxylic acids is 1. The lowest BCUT2D eigenvalue weighted by atomic mass is 10.2. The van der Waals surface area contributed by atoms with Crippen molar-refractivity contribution in [2.24, 2.45) is 7.05 Å². The summed E-state index contributed by atoms with van der Waals surface area (Å²) in [4.78, 5) is 21.7. The van der Waals surface area contributed by atoms with E-state index in [4.69, 9.17) is 5.11 Å². The molecule has 1 rings (SSSR count). The molecule has 0 aliphatic rings. The second-order valence-corrected chi connectivity index (χ2v) is 3.47. The molecule has 0 saturated heterocycles. The summed E-state index contributed by atoms with van der Waals surface area (Å²) in [7, 11) is 1.73. The molecule has 0 saturated carbocycles. The van der Waals surface area contributed by atoms with Gasteiger partial charge in [0.2, 0.25) is 0 Å². The summed E-state index contributed by atoms with van der Waals surface area (Å²) in [6.07, 6.45) is 1.58. The number of urea groups is 1. The van der Waals surface area contributed by atoms with Gasteiger partial charge in [-0.3, -0.25) is 14.8 Å². The third kappa shape index (κ3) is 3.99. The smallest absolute Gasteiger partial charge is 0.320 e. The number of nitrogens with zero attached hydrogens (tertiary/aromatic N) is 2. The lowest BCUT2D eigenvalue weighted by Crippen LogP contribution is -2.37. The minimum Gasteiger partial charge on any atom is -0.481 e. The van der Waals surface area contributed by atoms with E-state index in [0.29, 0.717) is 5.82 Å². The molecule has 1 atom stereocenters. The van der Waals surface area contributed by atoms with Crippen LogP contribution in [0.1, 0.15) is 13.3 Å². The second kappa shape index (κ2) is 5.15. The first-order valence-electron chi connectivity index (χ1n) is 4.76. The molecule has 0 aliphatic carbocycles. The summed E-state index contributed by atoms with van der Waals surface area (Å²) in [5, 5.41) is 17.4. The zero-order chi connectivity index (χ0) is 12.1. The molecular weight excluding hydrogens is 212 g/mol. The molecule has 1 aromatic heterocycles. The van der Waals surface area contributed by atoms with E-state index in [9.17, 15) is 9.59 Å². The zero-order valence-corrected chi connectivity index (χ0v) is 9.10. The molecule has 0 bridgehead atoms. The van der Waals surface area contributed by atoms with Crippen molar-refractivity contribution in [3.63, 3.8) is 0 Å². The highest BCUT2D eigenvalue weighted by Crippen LogP contribution is 2.00. The maximum atomic E-state index is 11.3. The Morgan fingerprint density at radius 3 is 2.81 bits per heavy atom. The van der Waals surface area contributed by atoms with Gasteiger partial charge in [-0.25, -0.2) is 4.79 Å². The Hall–Kier alpha value is -2.05. The largest absolute Gasteiger partial charge is 0.481 e. The van der Waals surface area contributed by atoms with Gasteiger partial charge in [0.25, 0.3) is 0 Å². The third-order valence-corrected chi connectivity index (χ3v) is 1.81. The van der Waals surface area contributed by atoms with Crippen molar-refractivity contribution in [2.45, 2.75) is 19.4 Å². The number of carboxylic acids is 1. The van der Waals surface area contributed by atoms with Gasteiger partial charge in [0.1, 0.15) is 0 Å². The highest BCUT2D eigenvalue weighted by molar-refractivity contribution is 5.88.